The number of carbonyl (C=O) groups is 2. The first kappa shape index (κ1) is 23.9. The van der Waals surface area contributed by atoms with Crippen LogP contribution in [0.1, 0.15) is 40.7 Å². The summed E-state index contributed by atoms with van der Waals surface area (Å²) in [4.78, 5) is 40.1. The maximum Gasteiger partial charge on any atom is 0.260 e. The van der Waals surface area contributed by atoms with Gasteiger partial charge in [0.25, 0.3) is 5.91 Å². The minimum absolute atomic E-state index is 0.0671. The van der Waals surface area contributed by atoms with Crippen LogP contribution < -0.4 is 4.90 Å². The van der Waals surface area contributed by atoms with Gasteiger partial charge in [-0.1, -0.05) is 35.0 Å². The molecule has 3 aliphatic rings. The quantitative estimate of drug-likeness (QED) is 0.364. The Morgan fingerprint density at radius 3 is 2.67 bits per heavy atom. The lowest BCUT2D eigenvalue weighted by Gasteiger charge is -2.37. The van der Waals surface area contributed by atoms with Crippen molar-refractivity contribution in [1.82, 2.24) is 14.5 Å². The van der Waals surface area contributed by atoms with Crippen LogP contribution in [-0.2, 0) is 22.7 Å². The summed E-state index contributed by atoms with van der Waals surface area (Å²) in [5.41, 5.74) is 4.82. The van der Waals surface area contributed by atoms with E-state index in [9.17, 15) is 9.59 Å². The van der Waals surface area contributed by atoms with Crippen molar-refractivity contribution < 1.29 is 14.4 Å². The molecule has 1 fully saturated rings. The topological polar surface area (TPSA) is 80.0 Å². The summed E-state index contributed by atoms with van der Waals surface area (Å²) in [5.74, 6) is -0.0333. The number of likely N-dealkylation sites (tertiary alicyclic amines) is 1. The largest absolute Gasteiger partial charge is 0.388 e. The number of nitrogens with zero attached hydrogens (tertiary/aromatic N) is 5. The summed E-state index contributed by atoms with van der Waals surface area (Å²) < 4.78 is 1.96. The first-order chi connectivity index (χ1) is 19.0. The van der Waals surface area contributed by atoms with Crippen molar-refractivity contribution in [3.8, 4) is 0 Å². The molecule has 9 heteroatoms. The number of piperidine rings is 1. The lowest BCUT2D eigenvalue weighted by molar-refractivity contribution is -0.137. The second-order valence-electron chi connectivity index (χ2n) is 10.5. The number of anilines is 1. The number of hydrogen-bond acceptors (Lipinski definition) is 5. The Bertz CT molecular complexity index is 1640. The standard InChI is InChI=1S/C30H26ClN5O3/c31-24-3-1-2-22-18-36(29(38)28(22)24)23-5-4-21-8-13-35(26(21)16-23)19-27(37)34-14-9-30(10-15-34)17-25(33-39-30)20-6-11-32-12-7-20/h1-8,11-13,16H,9-10,14-15,17-19H2. The predicted molar refractivity (Wildman–Crippen MR) is 149 cm³/mol. The van der Waals surface area contributed by atoms with Gasteiger partial charge in [0.1, 0.15) is 12.1 Å². The predicted octanol–water partition coefficient (Wildman–Crippen LogP) is 5.04. The number of halogens is 1. The Kier molecular flexibility index (Phi) is 5.66. The van der Waals surface area contributed by atoms with Crippen LogP contribution in [0.25, 0.3) is 10.9 Å². The molecule has 0 bridgehead atoms. The molecule has 0 aliphatic carbocycles. The molecular formula is C30H26ClN5O3. The molecule has 0 atom stereocenters. The second kappa shape index (κ2) is 9.24. The zero-order valence-electron chi connectivity index (χ0n) is 21.2. The van der Waals surface area contributed by atoms with E-state index in [0.717, 1.165) is 52.7 Å². The Morgan fingerprint density at radius 2 is 1.87 bits per heavy atom. The summed E-state index contributed by atoms with van der Waals surface area (Å²) in [6.07, 6.45) is 7.69. The summed E-state index contributed by atoms with van der Waals surface area (Å²) >= 11 is 6.32. The smallest absolute Gasteiger partial charge is 0.260 e. The van der Waals surface area contributed by atoms with Gasteiger partial charge in [0.05, 0.1) is 28.4 Å². The van der Waals surface area contributed by atoms with Crippen LogP contribution in [0.4, 0.5) is 5.69 Å². The molecule has 2 aromatic carbocycles. The van der Waals surface area contributed by atoms with Crippen molar-refractivity contribution in [3.63, 3.8) is 0 Å². The Labute approximate surface area is 230 Å². The van der Waals surface area contributed by atoms with Gasteiger partial charge in [-0.25, -0.2) is 0 Å². The van der Waals surface area contributed by atoms with E-state index in [1.54, 1.807) is 23.4 Å². The van der Waals surface area contributed by atoms with E-state index in [1.807, 2.05) is 64.2 Å². The molecule has 39 heavy (non-hydrogen) atoms. The fourth-order valence-electron chi connectivity index (χ4n) is 5.90. The third-order valence-corrected chi connectivity index (χ3v) is 8.46. The Hall–Kier alpha value is -4.17. The van der Waals surface area contributed by atoms with Gasteiger partial charge >= 0.3 is 0 Å². The molecule has 1 spiro atoms. The highest BCUT2D eigenvalue weighted by Crippen LogP contribution is 2.37. The molecule has 7 rings (SSSR count). The van der Waals surface area contributed by atoms with Crippen molar-refractivity contribution in [2.45, 2.75) is 38.0 Å². The number of carbonyl (C=O) groups excluding carboxylic acids is 2. The van der Waals surface area contributed by atoms with Crippen LogP contribution in [-0.4, -0.2) is 50.7 Å². The van der Waals surface area contributed by atoms with Crippen LogP contribution in [0.2, 0.25) is 5.02 Å². The van der Waals surface area contributed by atoms with Crippen molar-refractivity contribution in [3.05, 3.63) is 94.9 Å². The molecule has 4 aromatic rings. The highest BCUT2D eigenvalue weighted by molar-refractivity contribution is 6.35. The van der Waals surface area contributed by atoms with Crippen molar-refractivity contribution >= 4 is 45.7 Å². The van der Waals surface area contributed by atoms with E-state index < -0.39 is 0 Å². The molecule has 0 saturated carbocycles. The summed E-state index contributed by atoms with van der Waals surface area (Å²) in [6, 6.07) is 17.4. The monoisotopic (exact) mass is 539 g/mol. The van der Waals surface area contributed by atoms with Gasteiger partial charge in [-0.15, -0.1) is 0 Å². The zero-order valence-corrected chi connectivity index (χ0v) is 22.0. The zero-order chi connectivity index (χ0) is 26.6. The van der Waals surface area contributed by atoms with Gasteiger partial charge < -0.3 is 19.2 Å². The first-order valence-corrected chi connectivity index (χ1v) is 13.5. The summed E-state index contributed by atoms with van der Waals surface area (Å²) in [5, 5.41) is 5.85. The highest BCUT2D eigenvalue weighted by Gasteiger charge is 2.43. The lowest BCUT2D eigenvalue weighted by Crippen LogP contribution is -2.47. The number of aromatic nitrogens is 2. The second-order valence-corrected chi connectivity index (χ2v) is 10.9. The third-order valence-electron chi connectivity index (χ3n) is 8.14. The fraction of sp³-hybridized carbons (Fsp3) is 0.267. The molecule has 196 valence electrons. The van der Waals surface area contributed by atoms with E-state index >= 15 is 0 Å². The number of fused-ring (bicyclic) bond motifs is 2. The van der Waals surface area contributed by atoms with Gasteiger partial charge in [0.15, 0.2) is 0 Å². The molecule has 0 N–H and O–H groups in total. The maximum atomic E-state index is 13.3. The molecule has 2 aromatic heterocycles. The average Bonchev–Trinajstić information content (AvgIpc) is 3.66. The minimum Gasteiger partial charge on any atom is -0.388 e. The van der Waals surface area contributed by atoms with E-state index in [1.165, 1.54) is 0 Å². The number of pyridine rings is 1. The van der Waals surface area contributed by atoms with Crippen LogP contribution in [0, 0.1) is 0 Å². The van der Waals surface area contributed by atoms with Crippen LogP contribution in [0.15, 0.2) is 78.3 Å². The van der Waals surface area contributed by atoms with E-state index in [2.05, 4.69) is 10.1 Å². The SMILES string of the molecule is O=C(Cn1ccc2ccc(N3Cc4cccc(Cl)c4C3=O)cc21)N1CCC2(CC1)CC(c1ccncc1)=NO2. The molecular weight excluding hydrogens is 514 g/mol. The van der Waals surface area contributed by atoms with Gasteiger partial charge in [0, 0.05) is 62.2 Å². The lowest BCUT2D eigenvalue weighted by atomic mass is 9.85. The van der Waals surface area contributed by atoms with Gasteiger partial charge in [-0.05, 0) is 47.3 Å². The van der Waals surface area contributed by atoms with E-state index in [-0.39, 0.29) is 24.0 Å². The first-order valence-electron chi connectivity index (χ1n) is 13.1. The van der Waals surface area contributed by atoms with Gasteiger partial charge in [-0.2, -0.15) is 0 Å². The van der Waals surface area contributed by atoms with Crippen LogP contribution >= 0.6 is 11.6 Å². The Balaban J connectivity index is 1.03. The third kappa shape index (κ3) is 4.15. The molecule has 0 radical (unpaired) electrons. The highest BCUT2D eigenvalue weighted by atomic mass is 35.5. The molecule has 8 nitrogen and oxygen atoms in total. The molecule has 5 heterocycles. The molecule has 1 saturated heterocycles. The van der Waals surface area contributed by atoms with Gasteiger partial charge in [0.2, 0.25) is 5.91 Å². The molecule has 0 unspecified atom stereocenters. The van der Waals surface area contributed by atoms with Crippen LogP contribution in [0.5, 0.6) is 0 Å². The number of rotatable bonds is 4. The average molecular weight is 540 g/mol. The number of hydrogen-bond donors (Lipinski definition) is 0. The van der Waals surface area contributed by atoms with Crippen molar-refractivity contribution in [1.29, 1.82) is 0 Å². The van der Waals surface area contributed by atoms with Crippen molar-refractivity contribution in [2.75, 3.05) is 18.0 Å². The van der Waals surface area contributed by atoms with E-state index in [4.69, 9.17) is 16.4 Å². The summed E-state index contributed by atoms with van der Waals surface area (Å²) in [6.45, 7) is 1.97. The van der Waals surface area contributed by atoms with Crippen LogP contribution in [0.3, 0.4) is 0 Å². The van der Waals surface area contributed by atoms with E-state index in [0.29, 0.717) is 30.2 Å². The number of amides is 2. The van der Waals surface area contributed by atoms with Crippen molar-refractivity contribution in [2.24, 2.45) is 5.16 Å². The summed E-state index contributed by atoms with van der Waals surface area (Å²) in [7, 11) is 0. The molecule has 3 aliphatic heterocycles. The maximum absolute atomic E-state index is 13.3. The van der Waals surface area contributed by atoms with Gasteiger partial charge in [-0.3, -0.25) is 14.6 Å². The number of benzene rings is 2. The Morgan fingerprint density at radius 1 is 1.05 bits per heavy atom. The minimum atomic E-state index is -0.340. The molecule has 2 amide bonds. The number of oxime groups is 1. The normalized spacial score (nSPS) is 18.0. The fourth-order valence-corrected chi connectivity index (χ4v) is 6.18.